The van der Waals surface area contributed by atoms with E-state index in [1.54, 1.807) is 18.3 Å². The van der Waals surface area contributed by atoms with Gasteiger partial charge in [0.25, 0.3) is 5.91 Å². The molecule has 0 fully saturated rings. The molecule has 0 aliphatic carbocycles. The molecule has 2 heterocycles. The summed E-state index contributed by atoms with van der Waals surface area (Å²) in [6.07, 6.45) is 4.88. The number of aromatic amines is 1. The lowest BCUT2D eigenvalue weighted by atomic mass is 10.1. The van der Waals surface area contributed by atoms with Gasteiger partial charge in [-0.05, 0) is 53.4 Å². The number of nitrogens with one attached hydrogen (secondary N) is 3. The molecule has 0 bridgehead atoms. The molecule has 3 N–H and O–H groups in total. The number of hydrogen-bond donors (Lipinski definition) is 3. The Morgan fingerprint density at radius 3 is 2.81 bits per heavy atom. The fourth-order valence-corrected chi connectivity index (χ4v) is 3.32. The fraction of sp³-hybridized carbons (Fsp3) is 0.167. The maximum Gasteiger partial charge on any atom is 0.253 e. The lowest BCUT2D eigenvalue weighted by molar-refractivity contribution is 0.0935. The second-order valence-electron chi connectivity index (χ2n) is 7.22. The number of nitrogens with zero attached hydrogens (tertiary/aromatic N) is 1. The fourth-order valence-electron chi connectivity index (χ4n) is 3.32. The van der Waals surface area contributed by atoms with Gasteiger partial charge in [-0.1, -0.05) is 6.07 Å². The van der Waals surface area contributed by atoms with E-state index in [4.69, 9.17) is 4.74 Å². The molecular weight excluding hydrogens is 414 g/mol. The van der Waals surface area contributed by atoms with Crippen molar-refractivity contribution in [1.82, 2.24) is 20.6 Å². The first-order valence-electron chi connectivity index (χ1n) is 10.2. The molecule has 0 saturated carbocycles. The highest BCUT2D eigenvalue weighted by Gasteiger charge is 2.17. The van der Waals surface area contributed by atoms with Crippen LogP contribution in [0.5, 0.6) is 5.75 Å². The van der Waals surface area contributed by atoms with Gasteiger partial charge in [-0.15, -0.1) is 0 Å². The molecule has 2 aromatic heterocycles. The molecule has 2 aromatic carbocycles. The van der Waals surface area contributed by atoms with Gasteiger partial charge >= 0.3 is 0 Å². The first-order chi connectivity index (χ1) is 15.6. The first kappa shape index (κ1) is 21.5. The number of benzene rings is 2. The second kappa shape index (κ2) is 10.0. The Balaban J connectivity index is 1.35. The summed E-state index contributed by atoms with van der Waals surface area (Å²) in [4.78, 5) is 19.6. The van der Waals surface area contributed by atoms with E-state index in [1.807, 2.05) is 30.5 Å². The van der Waals surface area contributed by atoms with E-state index in [-0.39, 0.29) is 5.91 Å². The minimum atomic E-state index is -0.967. The SMILES string of the molecule is O=C(N[C@H](CNCCOc1ccc2cc[nH]c2c1)c1ccc(F)c(F)c1)c1cccnc1. The number of fused-ring (bicyclic) bond motifs is 1. The third kappa shape index (κ3) is 5.28. The Bertz CT molecular complexity index is 1200. The van der Waals surface area contributed by atoms with Gasteiger partial charge < -0.3 is 20.4 Å². The van der Waals surface area contributed by atoms with E-state index < -0.39 is 17.7 Å². The monoisotopic (exact) mass is 436 g/mol. The number of carbonyl (C=O) groups is 1. The van der Waals surface area contributed by atoms with E-state index in [1.165, 1.54) is 12.3 Å². The van der Waals surface area contributed by atoms with Crippen LogP contribution in [0.4, 0.5) is 8.78 Å². The number of rotatable bonds is 9. The minimum absolute atomic E-state index is 0.302. The predicted octanol–water partition coefficient (Wildman–Crippen LogP) is 3.98. The van der Waals surface area contributed by atoms with Crippen LogP contribution >= 0.6 is 0 Å². The van der Waals surface area contributed by atoms with Crippen molar-refractivity contribution in [2.45, 2.75) is 6.04 Å². The van der Waals surface area contributed by atoms with E-state index in [2.05, 4.69) is 20.6 Å². The number of ether oxygens (including phenoxy) is 1. The highest BCUT2D eigenvalue weighted by atomic mass is 19.2. The van der Waals surface area contributed by atoms with Crippen molar-refractivity contribution in [3.63, 3.8) is 0 Å². The largest absolute Gasteiger partial charge is 0.492 e. The van der Waals surface area contributed by atoms with Gasteiger partial charge in [-0.3, -0.25) is 9.78 Å². The molecule has 164 valence electrons. The minimum Gasteiger partial charge on any atom is -0.492 e. The summed E-state index contributed by atoms with van der Waals surface area (Å²) in [5.41, 5.74) is 1.82. The third-order valence-electron chi connectivity index (χ3n) is 5.00. The highest BCUT2D eigenvalue weighted by molar-refractivity contribution is 5.94. The molecule has 32 heavy (non-hydrogen) atoms. The third-order valence-corrected chi connectivity index (χ3v) is 5.00. The summed E-state index contributed by atoms with van der Waals surface area (Å²) in [5.74, 6) is -1.52. The maximum absolute atomic E-state index is 13.8. The first-order valence-corrected chi connectivity index (χ1v) is 10.2. The van der Waals surface area contributed by atoms with E-state index in [0.717, 1.165) is 28.8 Å². The average molecular weight is 436 g/mol. The predicted molar refractivity (Wildman–Crippen MR) is 117 cm³/mol. The number of amides is 1. The molecule has 4 rings (SSSR count). The van der Waals surface area contributed by atoms with E-state index in [0.29, 0.717) is 30.8 Å². The van der Waals surface area contributed by atoms with Crippen LogP contribution in [0.3, 0.4) is 0 Å². The molecule has 6 nitrogen and oxygen atoms in total. The Morgan fingerprint density at radius 1 is 1.09 bits per heavy atom. The molecule has 1 amide bonds. The normalized spacial score (nSPS) is 11.9. The van der Waals surface area contributed by atoms with Crippen molar-refractivity contribution >= 4 is 16.8 Å². The molecule has 4 aromatic rings. The highest BCUT2D eigenvalue weighted by Crippen LogP contribution is 2.19. The van der Waals surface area contributed by atoms with Crippen molar-refractivity contribution < 1.29 is 18.3 Å². The number of carbonyl (C=O) groups excluding carboxylic acids is 1. The quantitative estimate of drug-likeness (QED) is 0.347. The standard InChI is InChI=1S/C24H22F2N4O2/c25-20-6-4-17(12-21(20)26)23(30-24(31)18-2-1-8-27-14-18)15-28-10-11-32-19-5-3-16-7-9-29-22(16)13-19/h1-9,12-14,23,28-29H,10-11,15H2,(H,30,31)/t23-/m1/s1. The lowest BCUT2D eigenvalue weighted by Gasteiger charge is -2.20. The number of hydrogen-bond acceptors (Lipinski definition) is 4. The lowest BCUT2D eigenvalue weighted by Crippen LogP contribution is -2.37. The van der Waals surface area contributed by atoms with Crippen LogP contribution in [0.2, 0.25) is 0 Å². The summed E-state index contributed by atoms with van der Waals surface area (Å²) < 4.78 is 32.9. The van der Waals surface area contributed by atoms with Gasteiger partial charge in [-0.25, -0.2) is 8.78 Å². The summed E-state index contributed by atoms with van der Waals surface area (Å²) >= 11 is 0. The molecular formula is C24H22F2N4O2. The Labute approximate surface area is 183 Å². The number of aromatic nitrogens is 2. The Hall–Kier alpha value is -3.78. The molecule has 0 aliphatic heterocycles. The van der Waals surface area contributed by atoms with Crippen LogP contribution in [0.1, 0.15) is 22.0 Å². The van der Waals surface area contributed by atoms with Crippen molar-refractivity contribution in [3.05, 3.63) is 95.9 Å². The maximum atomic E-state index is 13.8. The number of H-pyrrole nitrogens is 1. The molecule has 0 radical (unpaired) electrons. The molecule has 0 unspecified atom stereocenters. The summed E-state index contributed by atoms with van der Waals surface area (Å²) in [6, 6.07) is 14.1. The van der Waals surface area contributed by atoms with Crippen LogP contribution in [0, 0.1) is 11.6 Å². The van der Waals surface area contributed by atoms with Gasteiger partial charge in [0.1, 0.15) is 12.4 Å². The molecule has 0 saturated heterocycles. The zero-order valence-corrected chi connectivity index (χ0v) is 17.1. The number of halogens is 2. The zero-order chi connectivity index (χ0) is 22.3. The summed E-state index contributed by atoms with van der Waals surface area (Å²) in [7, 11) is 0. The summed E-state index contributed by atoms with van der Waals surface area (Å²) in [5, 5.41) is 7.15. The summed E-state index contributed by atoms with van der Waals surface area (Å²) in [6.45, 7) is 1.19. The zero-order valence-electron chi connectivity index (χ0n) is 17.1. The van der Waals surface area contributed by atoms with Crippen LogP contribution in [-0.2, 0) is 0 Å². The second-order valence-corrected chi connectivity index (χ2v) is 7.22. The Morgan fingerprint density at radius 2 is 2.00 bits per heavy atom. The van der Waals surface area contributed by atoms with Gasteiger partial charge in [0.05, 0.1) is 11.6 Å². The molecule has 0 aliphatic rings. The van der Waals surface area contributed by atoms with Crippen LogP contribution in [0.25, 0.3) is 10.9 Å². The topological polar surface area (TPSA) is 79.0 Å². The van der Waals surface area contributed by atoms with Crippen LogP contribution in [-0.4, -0.2) is 35.6 Å². The van der Waals surface area contributed by atoms with E-state index >= 15 is 0 Å². The van der Waals surface area contributed by atoms with Crippen LogP contribution < -0.4 is 15.4 Å². The van der Waals surface area contributed by atoms with Gasteiger partial charge in [0.2, 0.25) is 0 Å². The van der Waals surface area contributed by atoms with E-state index in [9.17, 15) is 13.6 Å². The smallest absolute Gasteiger partial charge is 0.253 e. The number of pyridine rings is 1. The van der Waals surface area contributed by atoms with Crippen LogP contribution in [0.15, 0.2) is 73.2 Å². The Kier molecular flexibility index (Phi) is 6.72. The average Bonchev–Trinajstić information content (AvgIpc) is 3.28. The van der Waals surface area contributed by atoms with Gasteiger partial charge in [0.15, 0.2) is 11.6 Å². The van der Waals surface area contributed by atoms with Crippen molar-refractivity contribution in [2.24, 2.45) is 0 Å². The van der Waals surface area contributed by atoms with Gasteiger partial charge in [0, 0.05) is 43.3 Å². The molecule has 1 atom stereocenters. The van der Waals surface area contributed by atoms with Crippen molar-refractivity contribution in [2.75, 3.05) is 19.7 Å². The molecule has 0 spiro atoms. The van der Waals surface area contributed by atoms with Crippen molar-refractivity contribution in [3.8, 4) is 5.75 Å². The van der Waals surface area contributed by atoms with Gasteiger partial charge in [-0.2, -0.15) is 0 Å². The molecule has 8 heteroatoms. The van der Waals surface area contributed by atoms with Crippen molar-refractivity contribution in [1.29, 1.82) is 0 Å².